The van der Waals surface area contributed by atoms with Crippen LogP contribution in [0.3, 0.4) is 0 Å². The normalized spacial score (nSPS) is 16.6. The number of thiophene rings is 1. The molecule has 1 atom stereocenters. The zero-order valence-electron chi connectivity index (χ0n) is 15.0. The lowest BCUT2D eigenvalue weighted by molar-refractivity contribution is 0.0627. The van der Waals surface area contributed by atoms with E-state index in [1.54, 1.807) is 12.1 Å². The lowest BCUT2D eigenvalue weighted by Crippen LogP contribution is -2.47. The number of hydrogen-bond donors (Lipinski definition) is 2. The van der Waals surface area contributed by atoms with Gasteiger partial charge in [0.25, 0.3) is 11.8 Å². The van der Waals surface area contributed by atoms with Crippen LogP contribution in [0.25, 0.3) is 0 Å². The number of amides is 2. The Labute approximate surface area is 168 Å². The molecule has 1 aliphatic heterocycles. The van der Waals surface area contributed by atoms with Crippen LogP contribution in [0.1, 0.15) is 44.9 Å². The number of hydrogen-bond acceptors (Lipinski definition) is 4. The van der Waals surface area contributed by atoms with E-state index in [1.165, 1.54) is 29.5 Å². The molecule has 27 heavy (non-hydrogen) atoms. The van der Waals surface area contributed by atoms with Gasteiger partial charge in [0, 0.05) is 24.7 Å². The number of benzene rings is 1. The van der Waals surface area contributed by atoms with Crippen molar-refractivity contribution in [3.63, 3.8) is 0 Å². The van der Waals surface area contributed by atoms with Crippen LogP contribution < -0.4 is 11.1 Å². The van der Waals surface area contributed by atoms with Gasteiger partial charge in [-0.15, -0.1) is 23.7 Å². The highest BCUT2D eigenvalue weighted by molar-refractivity contribution is 7.18. The van der Waals surface area contributed by atoms with E-state index < -0.39 is 11.7 Å². The highest BCUT2D eigenvalue weighted by Crippen LogP contribution is 2.30. The fourth-order valence-electron chi connectivity index (χ4n) is 3.21. The van der Waals surface area contributed by atoms with Crippen LogP contribution in [0, 0.1) is 12.7 Å². The summed E-state index contributed by atoms with van der Waals surface area (Å²) in [6, 6.07) is 7.35. The fraction of sp³-hybridized carbons (Fsp3) is 0.368. The third kappa shape index (κ3) is 4.86. The number of aryl methyl sites for hydroxylation is 1. The first kappa shape index (κ1) is 21.3. The molecule has 1 aromatic carbocycles. The molecule has 1 aromatic heterocycles. The van der Waals surface area contributed by atoms with Gasteiger partial charge >= 0.3 is 0 Å². The van der Waals surface area contributed by atoms with Gasteiger partial charge in [-0.1, -0.05) is 6.07 Å². The van der Waals surface area contributed by atoms with Gasteiger partial charge in [-0.25, -0.2) is 4.39 Å². The van der Waals surface area contributed by atoms with Crippen LogP contribution in [0.2, 0.25) is 0 Å². The summed E-state index contributed by atoms with van der Waals surface area (Å²) in [6.45, 7) is 3.02. The van der Waals surface area contributed by atoms with Crippen molar-refractivity contribution in [1.82, 2.24) is 4.90 Å². The van der Waals surface area contributed by atoms with Gasteiger partial charge in [0.05, 0.1) is 9.88 Å². The van der Waals surface area contributed by atoms with E-state index in [0.29, 0.717) is 23.0 Å². The lowest BCUT2D eigenvalue weighted by Gasteiger charge is -2.34. The molecule has 1 aliphatic rings. The predicted molar refractivity (Wildman–Crippen MR) is 108 cm³/mol. The maximum absolute atomic E-state index is 13.3. The minimum atomic E-state index is -0.464. The van der Waals surface area contributed by atoms with Gasteiger partial charge in [-0.3, -0.25) is 9.59 Å². The second kappa shape index (κ2) is 9.30. The number of nitrogens with two attached hydrogens (primary N) is 1. The first-order chi connectivity index (χ1) is 12.5. The molecule has 2 aromatic rings. The Bertz CT molecular complexity index is 827. The summed E-state index contributed by atoms with van der Waals surface area (Å²) in [6.07, 6.45) is 3.00. The number of piperidine rings is 1. The zero-order chi connectivity index (χ0) is 18.7. The molecule has 0 spiro atoms. The molecule has 146 valence electrons. The fourth-order valence-corrected chi connectivity index (χ4v) is 4.24. The summed E-state index contributed by atoms with van der Waals surface area (Å²) >= 11 is 1.24. The quantitative estimate of drug-likeness (QED) is 0.802. The lowest BCUT2D eigenvalue weighted by atomic mass is 10.0. The molecule has 3 rings (SSSR count). The number of carbonyl (C=O) groups is 2. The third-order valence-electron chi connectivity index (χ3n) is 4.60. The second-order valence-corrected chi connectivity index (χ2v) is 7.52. The number of rotatable bonds is 4. The molecular formula is C19H23ClFN3O2S. The number of nitrogens with zero attached hydrogens (tertiary/aromatic N) is 1. The van der Waals surface area contributed by atoms with Crippen LogP contribution >= 0.6 is 23.7 Å². The highest BCUT2D eigenvalue weighted by atomic mass is 35.5. The minimum absolute atomic E-state index is 0. The molecule has 0 aliphatic carbocycles. The Balaban J connectivity index is 0.00000261. The van der Waals surface area contributed by atoms with E-state index in [0.717, 1.165) is 24.8 Å². The Kier molecular flexibility index (Phi) is 7.35. The minimum Gasteiger partial charge on any atom is -0.334 e. The third-order valence-corrected chi connectivity index (χ3v) is 5.74. The molecule has 3 N–H and O–H groups in total. The van der Waals surface area contributed by atoms with Crippen LogP contribution in [0.5, 0.6) is 0 Å². The molecular weight excluding hydrogens is 389 g/mol. The summed E-state index contributed by atoms with van der Waals surface area (Å²) in [4.78, 5) is 27.7. The molecule has 0 bridgehead atoms. The Hall–Kier alpha value is -1.96. The van der Waals surface area contributed by atoms with E-state index in [4.69, 9.17) is 5.73 Å². The molecule has 5 nitrogen and oxygen atoms in total. The van der Waals surface area contributed by atoms with Crippen molar-refractivity contribution in [3.8, 4) is 0 Å². The number of halogens is 2. The Morgan fingerprint density at radius 2 is 2.11 bits per heavy atom. The average Bonchev–Trinajstić information content (AvgIpc) is 3.01. The van der Waals surface area contributed by atoms with Crippen LogP contribution in [0.4, 0.5) is 9.39 Å². The van der Waals surface area contributed by atoms with E-state index in [1.807, 2.05) is 11.8 Å². The van der Waals surface area contributed by atoms with E-state index in [9.17, 15) is 14.0 Å². The number of anilines is 1. The van der Waals surface area contributed by atoms with Crippen molar-refractivity contribution in [2.24, 2.45) is 5.73 Å². The first-order valence-corrected chi connectivity index (χ1v) is 9.49. The van der Waals surface area contributed by atoms with Crippen molar-refractivity contribution in [1.29, 1.82) is 0 Å². The zero-order valence-corrected chi connectivity index (χ0v) is 16.7. The highest BCUT2D eigenvalue weighted by Gasteiger charge is 2.28. The first-order valence-electron chi connectivity index (χ1n) is 8.68. The average molecular weight is 412 g/mol. The summed E-state index contributed by atoms with van der Waals surface area (Å²) in [5.74, 6) is -0.898. The molecule has 0 radical (unpaired) electrons. The van der Waals surface area contributed by atoms with Crippen molar-refractivity contribution in [2.75, 3.05) is 18.4 Å². The van der Waals surface area contributed by atoms with Gasteiger partial charge in [-0.2, -0.15) is 0 Å². The predicted octanol–water partition coefficient (Wildman–Crippen LogP) is 3.82. The molecule has 1 fully saturated rings. The Morgan fingerprint density at radius 3 is 2.81 bits per heavy atom. The molecule has 1 saturated heterocycles. The topological polar surface area (TPSA) is 75.4 Å². The number of carbonyl (C=O) groups excluding carboxylic acids is 2. The maximum Gasteiger partial charge on any atom is 0.264 e. The summed E-state index contributed by atoms with van der Waals surface area (Å²) in [5.41, 5.74) is 6.87. The molecule has 2 heterocycles. The number of nitrogens with one attached hydrogen (secondary N) is 1. The van der Waals surface area contributed by atoms with Gasteiger partial charge < -0.3 is 16.0 Å². The monoisotopic (exact) mass is 411 g/mol. The summed E-state index contributed by atoms with van der Waals surface area (Å²) in [7, 11) is 0. The van der Waals surface area contributed by atoms with E-state index in [-0.39, 0.29) is 29.9 Å². The summed E-state index contributed by atoms with van der Waals surface area (Å²) < 4.78 is 13.3. The van der Waals surface area contributed by atoms with Crippen molar-refractivity contribution < 1.29 is 14.0 Å². The largest absolute Gasteiger partial charge is 0.334 e. The van der Waals surface area contributed by atoms with Crippen molar-refractivity contribution in [3.05, 3.63) is 52.2 Å². The van der Waals surface area contributed by atoms with Crippen LogP contribution in [-0.4, -0.2) is 35.8 Å². The standard InChI is InChI=1S/C19H22FN3O2S.ClH/c1-12-9-16(22-18(24)13-5-4-6-14(20)10-13)26-17(12)19(25)23-8-3-2-7-15(23)11-21;/h4-6,9-10,15H,2-3,7-8,11,21H2,1H3,(H,22,24);1H. The van der Waals surface area contributed by atoms with Gasteiger partial charge in [-0.05, 0) is 56.0 Å². The van der Waals surface area contributed by atoms with E-state index >= 15 is 0 Å². The van der Waals surface area contributed by atoms with Gasteiger partial charge in [0.2, 0.25) is 0 Å². The van der Waals surface area contributed by atoms with E-state index in [2.05, 4.69) is 5.32 Å². The molecule has 2 amide bonds. The maximum atomic E-state index is 13.3. The molecule has 8 heteroatoms. The van der Waals surface area contributed by atoms with Crippen LogP contribution in [0.15, 0.2) is 30.3 Å². The SMILES string of the molecule is Cc1cc(NC(=O)c2cccc(F)c2)sc1C(=O)N1CCCCC1CN.Cl. The second-order valence-electron chi connectivity index (χ2n) is 6.47. The molecule has 1 unspecified atom stereocenters. The molecule has 0 saturated carbocycles. The number of likely N-dealkylation sites (tertiary alicyclic amines) is 1. The Morgan fingerprint density at radius 1 is 1.33 bits per heavy atom. The smallest absolute Gasteiger partial charge is 0.264 e. The van der Waals surface area contributed by atoms with Gasteiger partial charge in [0.15, 0.2) is 0 Å². The van der Waals surface area contributed by atoms with Crippen molar-refractivity contribution >= 4 is 40.6 Å². The van der Waals surface area contributed by atoms with Crippen molar-refractivity contribution in [2.45, 2.75) is 32.2 Å². The van der Waals surface area contributed by atoms with Gasteiger partial charge in [0.1, 0.15) is 5.82 Å². The summed E-state index contributed by atoms with van der Waals surface area (Å²) in [5, 5.41) is 3.32. The van der Waals surface area contributed by atoms with Crippen LogP contribution in [-0.2, 0) is 0 Å².